The monoisotopic (exact) mass is 301 g/mol. The molecule has 1 aliphatic carbocycles. The summed E-state index contributed by atoms with van der Waals surface area (Å²) in [5.74, 6) is -0.111. The number of carbonyl (C=O) groups excluding carboxylic acids is 1. The average Bonchev–Trinajstić information content (AvgIpc) is 3.21. The first-order valence-corrected chi connectivity index (χ1v) is 7.56. The minimum Gasteiger partial charge on any atom is -0.394 e. The molecule has 0 radical (unpaired) electrons. The zero-order valence-corrected chi connectivity index (χ0v) is 12.1. The third kappa shape index (κ3) is 3.47. The molecule has 0 aromatic carbocycles. The Labute approximate surface area is 120 Å². The Balaban J connectivity index is 1.87. The molecule has 0 saturated heterocycles. The summed E-state index contributed by atoms with van der Waals surface area (Å²) >= 11 is 1.25. The summed E-state index contributed by atoms with van der Waals surface area (Å²) in [5, 5.41) is 33.3. The molecule has 112 valence electrons. The Morgan fingerprint density at radius 2 is 2.20 bits per heavy atom. The fourth-order valence-corrected chi connectivity index (χ4v) is 2.48. The van der Waals surface area contributed by atoms with Crippen molar-refractivity contribution in [1.29, 1.82) is 0 Å². The van der Waals surface area contributed by atoms with E-state index in [2.05, 4.69) is 20.8 Å². The summed E-state index contributed by atoms with van der Waals surface area (Å²) in [5.41, 5.74) is -0.958. The Hall–Kier alpha value is -1.19. The Bertz CT molecular complexity index is 450. The van der Waals surface area contributed by atoms with E-state index in [0.29, 0.717) is 17.6 Å². The number of amides is 1. The van der Waals surface area contributed by atoms with Crippen LogP contribution in [0.15, 0.2) is 5.16 Å². The summed E-state index contributed by atoms with van der Waals surface area (Å²) in [7, 11) is 0. The van der Waals surface area contributed by atoms with E-state index in [4.69, 9.17) is 0 Å². The second-order valence-corrected chi connectivity index (χ2v) is 5.87. The van der Waals surface area contributed by atoms with Crippen LogP contribution in [0.1, 0.15) is 32.2 Å². The fraction of sp³-hybridized carbons (Fsp3) is 0.818. The third-order valence-corrected chi connectivity index (χ3v) is 4.31. The number of nitrogens with one attached hydrogen (secondary N) is 1. The highest BCUT2D eigenvalue weighted by Gasteiger charge is 2.30. The molecule has 8 nitrogen and oxygen atoms in total. The zero-order chi connectivity index (χ0) is 14.6. The van der Waals surface area contributed by atoms with Crippen LogP contribution in [-0.4, -0.2) is 60.8 Å². The molecule has 1 saturated carbocycles. The molecule has 0 aliphatic heterocycles. The van der Waals surface area contributed by atoms with Crippen molar-refractivity contribution in [3.8, 4) is 0 Å². The van der Waals surface area contributed by atoms with Crippen LogP contribution in [0.3, 0.4) is 0 Å². The number of tetrazole rings is 1. The number of hydrogen-bond donors (Lipinski definition) is 3. The molecule has 1 aromatic rings. The first-order chi connectivity index (χ1) is 9.64. The van der Waals surface area contributed by atoms with Gasteiger partial charge in [0.25, 0.3) is 0 Å². The smallest absolute Gasteiger partial charge is 0.231 e. The quantitative estimate of drug-likeness (QED) is 0.547. The lowest BCUT2D eigenvalue weighted by atomic mass is 9.99. The first kappa shape index (κ1) is 15.2. The number of rotatable bonds is 8. The Kier molecular flexibility index (Phi) is 4.95. The zero-order valence-electron chi connectivity index (χ0n) is 11.3. The second kappa shape index (κ2) is 6.51. The van der Waals surface area contributed by atoms with E-state index in [1.54, 1.807) is 11.6 Å². The SMILES string of the molecule is CCC(CO)(CO)NC(=O)CSc1nnnn1C1CC1. The normalized spacial score (nSPS) is 15.3. The van der Waals surface area contributed by atoms with Gasteiger partial charge in [0.1, 0.15) is 0 Å². The number of hydrogen-bond acceptors (Lipinski definition) is 7. The van der Waals surface area contributed by atoms with E-state index in [-0.39, 0.29) is 24.9 Å². The molecule has 0 spiro atoms. The van der Waals surface area contributed by atoms with Crippen LogP contribution in [0, 0.1) is 0 Å². The Morgan fingerprint density at radius 1 is 1.50 bits per heavy atom. The molecule has 1 fully saturated rings. The topological polar surface area (TPSA) is 113 Å². The summed E-state index contributed by atoms with van der Waals surface area (Å²) in [6.45, 7) is 1.21. The molecule has 0 atom stereocenters. The lowest BCUT2D eigenvalue weighted by molar-refractivity contribution is -0.121. The molecule has 1 aliphatic rings. The molecule has 1 amide bonds. The molecule has 0 bridgehead atoms. The van der Waals surface area contributed by atoms with Gasteiger partial charge >= 0.3 is 0 Å². The molecule has 1 aromatic heterocycles. The third-order valence-electron chi connectivity index (χ3n) is 3.37. The maximum Gasteiger partial charge on any atom is 0.231 e. The van der Waals surface area contributed by atoms with Gasteiger partial charge in [-0.25, -0.2) is 4.68 Å². The van der Waals surface area contributed by atoms with Crippen LogP contribution >= 0.6 is 11.8 Å². The molecular formula is C11H19N5O3S. The lowest BCUT2D eigenvalue weighted by Gasteiger charge is -2.29. The maximum atomic E-state index is 11.9. The largest absolute Gasteiger partial charge is 0.394 e. The number of aromatic nitrogens is 4. The van der Waals surface area contributed by atoms with E-state index in [1.807, 2.05) is 0 Å². The van der Waals surface area contributed by atoms with Gasteiger partial charge in [-0.1, -0.05) is 18.7 Å². The van der Waals surface area contributed by atoms with Crippen molar-refractivity contribution in [3.05, 3.63) is 0 Å². The number of aliphatic hydroxyl groups excluding tert-OH is 2. The van der Waals surface area contributed by atoms with Crippen LogP contribution < -0.4 is 5.32 Å². The lowest BCUT2D eigenvalue weighted by Crippen LogP contribution is -2.54. The van der Waals surface area contributed by atoms with Crippen molar-refractivity contribution in [1.82, 2.24) is 25.5 Å². The van der Waals surface area contributed by atoms with E-state index < -0.39 is 5.54 Å². The number of thioether (sulfide) groups is 1. The summed E-state index contributed by atoms with van der Waals surface area (Å²) in [6.07, 6.45) is 2.59. The molecule has 3 N–H and O–H groups in total. The molecule has 1 heterocycles. The first-order valence-electron chi connectivity index (χ1n) is 6.57. The standard InChI is InChI=1S/C11H19N5O3S/c1-2-11(6-17,7-18)12-9(19)5-20-10-13-14-15-16(10)8-3-4-8/h8,17-18H,2-7H2,1H3,(H,12,19). The van der Waals surface area contributed by atoms with Crippen LogP contribution in [0.25, 0.3) is 0 Å². The number of carbonyl (C=O) groups is 1. The van der Waals surface area contributed by atoms with Crippen molar-refractivity contribution in [2.75, 3.05) is 19.0 Å². The van der Waals surface area contributed by atoms with Crippen LogP contribution in [-0.2, 0) is 4.79 Å². The van der Waals surface area contributed by atoms with Gasteiger partial charge in [-0.15, -0.1) is 5.10 Å². The highest BCUT2D eigenvalue weighted by molar-refractivity contribution is 7.99. The van der Waals surface area contributed by atoms with Crippen molar-refractivity contribution in [2.45, 2.75) is 42.9 Å². The highest BCUT2D eigenvalue weighted by Crippen LogP contribution is 2.36. The van der Waals surface area contributed by atoms with E-state index in [9.17, 15) is 15.0 Å². The molecule has 2 rings (SSSR count). The number of nitrogens with zero attached hydrogens (tertiary/aromatic N) is 4. The van der Waals surface area contributed by atoms with Crippen molar-refractivity contribution < 1.29 is 15.0 Å². The van der Waals surface area contributed by atoms with Crippen LogP contribution in [0.5, 0.6) is 0 Å². The highest BCUT2D eigenvalue weighted by atomic mass is 32.2. The maximum absolute atomic E-state index is 11.9. The number of aliphatic hydroxyl groups is 2. The van der Waals surface area contributed by atoms with Crippen molar-refractivity contribution in [3.63, 3.8) is 0 Å². The minimum absolute atomic E-state index is 0.148. The molecular weight excluding hydrogens is 282 g/mol. The van der Waals surface area contributed by atoms with Crippen molar-refractivity contribution in [2.24, 2.45) is 0 Å². The molecule has 0 unspecified atom stereocenters. The molecule has 9 heteroatoms. The summed E-state index contributed by atoms with van der Waals surface area (Å²) in [4.78, 5) is 11.9. The van der Waals surface area contributed by atoms with Gasteiger partial charge in [0.05, 0.1) is 30.5 Å². The van der Waals surface area contributed by atoms with E-state index in [0.717, 1.165) is 12.8 Å². The fourth-order valence-electron chi connectivity index (χ4n) is 1.73. The van der Waals surface area contributed by atoms with Gasteiger partial charge in [-0.05, 0) is 29.7 Å². The van der Waals surface area contributed by atoms with Gasteiger partial charge in [-0.3, -0.25) is 4.79 Å². The van der Waals surface area contributed by atoms with Crippen LogP contribution in [0.4, 0.5) is 0 Å². The van der Waals surface area contributed by atoms with Crippen LogP contribution in [0.2, 0.25) is 0 Å². The van der Waals surface area contributed by atoms with Gasteiger partial charge in [0.2, 0.25) is 11.1 Å². The predicted octanol–water partition coefficient (Wildman–Crippen LogP) is -0.650. The van der Waals surface area contributed by atoms with E-state index in [1.165, 1.54) is 11.8 Å². The van der Waals surface area contributed by atoms with Crippen molar-refractivity contribution >= 4 is 17.7 Å². The summed E-state index contributed by atoms with van der Waals surface area (Å²) < 4.78 is 1.74. The summed E-state index contributed by atoms with van der Waals surface area (Å²) in [6, 6.07) is 0.361. The van der Waals surface area contributed by atoms with E-state index >= 15 is 0 Å². The Morgan fingerprint density at radius 3 is 2.75 bits per heavy atom. The second-order valence-electron chi connectivity index (χ2n) is 4.92. The van der Waals surface area contributed by atoms with Gasteiger partial charge < -0.3 is 15.5 Å². The van der Waals surface area contributed by atoms with Gasteiger partial charge in [0, 0.05) is 0 Å². The van der Waals surface area contributed by atoms with Gasteiger partial charge in [-0.2, -0.15) is 0 Å². The average molecular weight is 301 g/mol. The predicted molar refractivity (Wildman–Crippen MR) is 72.1 cm³/mol. The minimum atomic E-state index is -0.958. The molecule has 20 heavy (non-hydrogen) atoms. The van der Waals surface area contributed by atoms with Gasteiger partial charge in [0.15, 0.2) is 0 Å².